The summed E-state index contributed by atoms with van der Waals surface area (Å²) in [5.74, 6) is 0.364. The Morgan fingerprint density at radius 3 is 2.75 bits per heavy atom. The number of nitrogens with zero attached hydrogens (tertiary/aromatic N) is 3. The summed E-state index contributed by atoms with van der Waals surface area (Å²) < 4.78 is 2.77. The first-order chi connectivity index (χ1) is 9.65. The Bertz CT molecular complexity index is 553. The van der Waals surface area contributed by atoms with Gasteiger partial charge in [-0.25, -0.2) is 9.97 Å². The van der Waals surface area contributed by atoms with E-state index in [-0.39, 0.29) is 6.10 Å². The third-order valence-corrected chi connectivity index (χ3v) is 4.10. The predicted octanol–water partition coefficient (Wildman–Crippen LogP) is 2.38. The van der Waals surface area contributed by atoms with E-state index in [9.17, 15) is 5.11 Å². The molecule has 0 saturated carbocycles. The van der Waals surface area contributed by atoms with Crippen molar-refractivity contribution >= 4 is 21.6 Å². The van der Waals surface area contributed by atoms with Crippen LogP contribution in [0.5, 0.6) is 0 Å². The molecule has 0 aromatic carbocycles. The maximum atomic E-state index is 10.1. The van der Waals surface area contributed by atoms with Crippen LogP contribution in [0.3, 0.4) is 0 Å². The fourth-order valence-corrected chi connectivity index (χ4v) is 2.70. The van der Waals surface area contributed by atoms with Gasteiger partial charge in [0, 0.05) is 19.3 Å². The highest BCUT2D eigenvalue weighted by Gasteiger charge is 2.15. The number of imidazole rings is 1. The minimum atomic E-state index is -0.294. The van der Waals surface area contributed by atoms with Crippen molar-refractivity contribution in [3.8, 4) is 0 Å². The average molecular weight is 341 g/mol. The molecule has 2 rings (SSSR count). The molecule has 2 aromatic rings. The lowest BCUT2D eigenvalue weighted by atomic mass is 9.96. The molecule has 0 aliphatic rings. The number of aliphatic hydroxyl groups excluding tert-OH is 1. The van der Waals surface area contributed by atoms with Gasteiger partial charge in [0.05, 0.1) is 24.2 Å². The van der Waals surface area contributed by atoms with E-state index in [2.05, 4.69) is 45.1 Å². The van der Waals surface area contributed by atoms with Crippen LogP contribution in [0.4, 0.5) is 0 Å². The molecule has 5 nitrogen and oxygen atoms in total. The van der Waals surface area contributed by atoms with Gasteiger partial charge in [0.2, 0.25) is 0 Å². The van der Waals surface area contributed by atoms with Crippen LogP contribution in [0.25, 0.3) is 5.65 Å². The van der Waals surface area contributed by atoms with Crippen LogP contribution >= 0.6 is 15.9 Å². The van der Waals surface area contributed by atoms with Crippen LogP contribution in [0.1, 0.15) is 32.4 Å². The topological polar surface area (TPSA) is 62.5 Å². The zero-order chi connectivity index (χ0) is 14.5. The number of aromatic nitrogens is 3. The van der Waals surface area contributed by atoms with E-state index in [1.807, 2.05) is 16.8 Å². The monoisotopic (exact) mass is 340 g/mol. The van der Waals surface area contributed by atoms with Gasteiger partial charge >= 0.3 is 0 Å². The van der Waals surface area contributed by atoms with Gasteiger partial charge in [0.25, 0.3) is 0 Å². The molecule has 0 saturated heterocycles. The van der Waals surface area contributed by atoms with Gasteiger partial charge in [-0.1, -0.05) is 26.7 Å². The van der Waals surface area contributed by atoms with Crippen molar-refractivity contribution in [2.75, 3.05) is 6.54 Å². The van der Waals surface area contributed by atoms with Gasteiger partial charge in [-0.2, -0.15) is 0 Å². The molecule has 110 valence electrons. The lowest BCUT2D eigenvalue weighted by molar-refractivity contribution is 0.101. The van der Waals surface area contributed by atoms with Crippen LogP contribution in [0.2, 0.25) is 0 Å². The molecule has 2 N–H and O–H groups in total. The number of fused-ring (bicyclic) bond motifs is 1. The van der Waals surface area contributed by atoms with E-state index in [4.69, 9.17) is 0 Å². The molecule has 0 fully saturated rings. The van der Waals surface area contributed by atoms with Gasteiger partial charge in [0.15, 0.2) is 5.65 Å². The van der Waals surface area contributed by atoms with Crippen molar-refractivity contribution in [3.63, 3.8) is 0 Å². The van der Waals surface area contributed by atoms with Crippen molar-refractivity contribution in [1.29, 1.82) is 0 Å². The second-order valence-corrected chi connectivity index (χ2v) is 5.78. The molecule has 0 spiro atoms. The number of hydrogen-bond donors (Lipinski definition) is 2. The Morgan fingerprint density at radius 2 is 2.05 bits per heavy atom. The number of aliphatic hydroxyl groups is 1. The van der Waals surface area contributed by atoms with Crippen molar-refractivity contribution in [3.05, 3.63) is 28.9 Å². The molecule has 20 heavy (non-hydrogen) atoms. The lowest BCUT2D eigenvalue weighted by Gasteiger charge is -2.20. The zero-order valence-electron chi connectivity index (χ0n) is 11.9. The third kappa shape index (κ3) is 3.56. The zero-order valence-corrected chi connectivity index (χ0v) is 13.5. The molecule has 0 aliphatic carbocycles. The summed E-state index contributed by atoms with van der Waals surface area (Å²) in [6, 6.07) is 0. The summed E-state index contributed by atoms with van der Waals surface area (Å²) >= 11 is 3.36. The largest absolute Gasteiger partial charge is 0.392 e. The average Bonchev–Trinajstić information content (AvgIpc) is 2.83. The van der Waals surface area contributed by atoms with Crippen LogP contribution in [-0.4, -0.2) is 32.1 Å². The second-order valence-electron chi connectivity index (χ2n) is 4.96. The van der Waals surface area contributed by atoms with Gasteiger partial charge in [-0.3, -0.25) is 4.40 Å². The van der Waals surface area contributed by atoms with Gasteiger partial charge in [0.1, 0.15) is 4.60 Å². The molecule has 0 radical (unpaired) electrons. The highest BCUT2D eigenvalue weighted by atomic mass is 79.9. The highest BCUT2D eigenvalue weighted by Crippen LogP contribution is 2.13. The number of halogens is 1. The molecular weight excluding hydrogens is 320 g/mol. The quantitative estimate of drug-likeness (QED) is 0.812. The number of hydrogen-bond acceptors (Lipinski definition) is 4. The van der Waals surface area contributed by atoms with Crippen molar-refractivity contribution < 1.29 is 5.11 Å². The molecule has 1 unspecified atom stereocenters. The van der Waals surface area contributed by atoms with Crippen molar-refractivity contribution in [1.82, 2.24) is 19.7 Å². The lowest BCUT2D eigenvalue weighted by Crippen LogP contribution is -2.32. The summed E-state index contributed by atoms with van der Waals surface area (Å²) in [6.45, 7) is 5.51. The molecule has 6 heteroatoms. The summed E-state index contributed by atoms with van der Waals surface area (Å²) in [5, 5.41) is 13.4. The smallest absolute Gasteiger partial charge is 0.155 e. The Balaban J connectivity index is 1.94. The second kappa shape index (κ2) is 7.15. The highest BCUT2D eigenvalue weighted by molar-refractivity contribution is 9.10. The number of nitrogens with one attached hydrogen (secondary N) is 1. The maximum absolute atomic E-state index is 10.1. The summed E-state index contributed by atoms with van der Waals surface area (Å²) in [7, 11) is 0. The van der Waals surface area contributed by atoms with Gasteiger partial charge in [-0.15, -0.1) is 0 Å². The van der Waals surface area contributed by atoms with Gasteiger partial charge < -0.3 is 10.4 Å². The van der Waals surface area contributed by atoms with Crippen LogP contribution in [0.15, 0.2) is 23.2 Å². The first kappa shape index (κ1) is 15.4. The minimum absolute atomic E-state index is 0.294. The van der Waals surface area contributed by atoms with E-state index >= 15 is 0 Å². The summed E-state index contributed by atoms with van der Waals surface area (Å²) in [5.41, 5.74) is 1.88. The Hall–Kier alpha value is -0.980. The van der Waals surface area contributed by atoms with Crippen molar-refractivity contribution in [2.24, 2.45) is 5.92 Å². The van der Waals surface area contributed by atoms with E-state index < -0.39 is 0 Å². The van der Waals surface area contributed by atoms with E-state index in [0.29, 0.717) is 19.0 Å². The maximum Gasteiger partial charge on any atom is 0.155 e. The standard InChI is InChI=1S/C14H21BrN4O/c1-3-10(4-2)12(20)7-16-5-11-6-18-14-8-17-13(15)9-19(11)14/h6,8-10,12,16,20H,3-5,7H2,1-2H3. The minimum Gasteiger partial charge on any atom is -0.392 e. The van der Waals surface area contributed by atoms with Crippen LogP contribution in [0, 0.1) is 5.92 Å². The van der Waals surface area contributed by atoms with Crippen molar-refractivity contribution in [2.45, 2.75) is 39.3 Å². The molecule has 1 atom stereocenters. The summed E-state index contributed by atoms with van der Waals surface area (Å²) in [4.78, 5) is 8.45. The van der Waals surface area contributed by atoms with Gasteiger partial charge in [-0.05, 0) is 21.8 Å². The first-order valence-electron chi connectivity index (χ1n) is 7.02. The molecule has 0 bridgehead atoms. The molecule has 2 aromatic heterocycles. The van der Waals surface area contributed by atoms with Crippen LogP contribution < -0.4 is 5.32 Å². The molecule has 2 heterocycles. The van der Waals surface area contributed by atoms with Crippen LogP contribution in [-0.2, 0) is 6.54 Å². The SMILES string of the molecule is CCC(CC)C(O)CNCc1cnc2cnc(Br)cn12. The normalized spacial score (nSPS) is 13.2. The molecule has 0 amide bonds. The Kier molecular flexibility index (Phi) is 5.51. The Morgan fingerprint density at radius 1 is 1.30 bits per heavy atom. The van der Waals surface area contributed by atoms with E-state index in [1.54, 1.807) is 6.20 Å². The summed E-state index contributed by atoms with van der Waals surface area (Å²) in [6.07, 6.45) is 7.18. The fourth-order valence-electron chi connectivity index (χ4n) is 2.39. The number of rotatable bonds is 7. The first-order valence-corrected chi connectivity index (χ1v) is 7.81. The predicted molar refractivity (Wildman–Crippen MR) is 82.5 cm³/mol. The molecular formula is C14H21BrN4O. The van der Waals surface area contributed by atoms with E-state index in [1.165, 1.54) is 0 Å². The third-order valence-electron chi connectivity index (χ3n) is 3.69. The molecule has 0 aliphatic heterocycles. The fraction of sp³-hybridized carbons (Fsp3) is 0.571. The van der Waals surface area contributed by atoms with E-state index in [0.717, 1.165) is 28.8 Å². The Labute approximate surface area is 127 Å².